The minimum Gasteiger partial charge on any atom is -0.348 e. The lowest BCUT2D eigenvalue weighted by molar-refractivity contribution is -0.393. The second kappa shape index (κ2) is 4.70. The predicted molar refractivity (Wildman–Crippen MR) is 73.6 cm³/mol. The molecule has 0 saturated heterocycles. The van der Waals surface area contributed by atoms with Gasteiger partial charge in [-0.15, -0.1) is 0 Å². The molecular weight excluding hydrogens is 301 g/mol. The number of hydrogen-bond donors (Lipinski definition) is 1. The Kier molecular flexibility index (Phi) is 2.98. The second-order valence-corrected chi connectivity index (χ2v) is 5.30. The van der Waals surface area contributed by atoms with Gasteiger partial charge in [0.1, 0.15) is 11.5 Å². The van der Waals surface area contributed by atoms with Crippen LogP contribution in [0.4, 0.5) is 27.1 Å². The van der Waals surface area contributed by atoms with Gasteiger partial charge in [-0.05, 0) is 18.2 Å². The fourth-order valence-electron chi connectivity index (χ4n) is 1.98. The van der Waals surface area contributed by atoms with E-state index in [0.29, 0.717) is 15.5 Å². The summed E-state index contributed by atoms with van der Waals surface area (Å²) >= 11 is 1.12. The third-order valence-corrected chi connectivity index (χ3v) is 4.01. The summed E-state index contributed by atoms with van der Waals surface area (Å²) in [6.07, 6.45) is 0. The normalized spacial score (nSPS) is 12.0. The summed E-state index contributed by atoms with van der Waals surface area (Å²) in [7, 11) is 0. The molecule has 0 aromatic heterocycles. The lowest BCUT2D eigenvalue weighted by atomic mass is 10.2. The van der Waals surface area contributed by atoms with Gasteiger partial charge in [-0.3, -0.25) is 20.2 Å². The maximum absolute atomic E-state index is 13.2. The van der Waals surface area contributed by atoms with Crippen molar-refractivity contribution in [2.45, 2.75) is 9.79 Å². The molecule has 3 rings (SSSR count). The molecule has 0 fully saturated rings. The van der Waals surface area contributed by atoms with Gasteiger partial charge in [0, 0.05) is 15.9 Å². The van der Waals surface area contributed by atoms with Crippen molar-refractivity contribution < 1.29 is 14.2 Å². The number of nitrogens with one attached hydrogen (secondary N) is 1. The van der Waals surface area contributed by atoms with Crippen LogP contribution in [0.25, 0.3) is 0 Å². The minimum atomic E-state index is -0.705. The summed E-state index contributed by atoms with van der Waals surface area (Å²) in [6, 6.07) is 6.12. The zero-order valence-electron chi connectivity index (χ0n) is 10.2. The van der Waals surface area contributed by atoms with Crippen LogP contribution in [0.3, 0.4) is 0 Å². The average Bonchev–Trinajstić information content (AvgIpc) is 2.43. The number of non-ortho nitro benzene ring substituents is 1. The molecular formula is C12H6FN3O4S. The highest BCUT2D eigenvalue weighted by molar-refractivity contribution is 7.99. The van der Waals surface area contributed by atoms with Crippen molar-refractivity contribution in [1.82, 2.24) is 0 Å². The highest BCUT2D eigenvalue weighted by Crippen LogP contribution is 2.49. The molecule has 0 bridgehead atoms. The van der Waals surface area contributed by atoms with E-state index < -0.39 is 21.4 Å². The first-order valence-electron chi connectivity index (χ1n) is 5.67. The van der Waals surface area contributed by atoms with Crippen molar-refractivity contribution >= 4 is 34.5 Å². The topological polar surface area (TPSA) is 98.3 Å². The summed E-state index contributed by atoms with van der Waals surface area (Å²) in [6.45, 7) is 0. The Hall–Kier alpha value is -2.68. The maximum Gasteiger partial charge on any atom is 0.300 e. The van der Waals surface area contributed by atoms with Crippen LogP contribution in [0, 0.1) is 26.0 Å². The fraction of sp³-hybridized carbons (Fsp3) is 0. The van der Waals surface area contributed by atoms with Crippen molar-refractivity contribution in [1.29, 1.82) is 0 Å². The number of halogens is 1. The van der Waals surface area contributed by atoms with E-state index in [1.807, 2.05) is 0 Å². The molecule has 0 unspecified atom stereocenters. The Balaban J connectivity index is 2.18. The molecule has 1 heterocycles. The largest absolute Gasteiger partial charge is 0.348 e. The molecule has 1 aliphatic heterocycles. The van der Waals surface area contributed by atoms with Gasteiger partial charge in [0.15, 0.2) is 0 Å². The number of anilines is 2. The van der Waals surface area contributed by atoms with E-state index in [1.165, 1.54) is 24.3 Å². The molecule has 2 aromatic carbocycles. The maximum atomic E-state index is 13.2. The quantitative estimate of drug-likeness (QED) is 0.570. The number of nitro groups is 2. The first-order valence-corrected chi connectivity index (χ1v) is 6.48. The van der Waals surface area contributed by atoms with Crippen molar-refractivity contribution in [3.8, 4) is 0 Å². The van der Waals surface area contributed by atoms with Crippen molar-refractivity contribution in [3.63, 3.8) is 0 Å². The number of hydrogen-bond acceptors (Lipinski definition) is 6. The third kappa shape index (κ3) is 2.27. The van der Waals surface area contributed by atoms with Crippen LogP contribution in [0.5, 0.6) is 0 Å². The molecule has 21 heavy (non-hydrogen) atoms. The van der Waals surface area contributed by atoms with Crippen molar-refractivity contribution in [2.24, 2.45) is 0 Å². The van der Waals surface area contributed by atoms with E-state index in [-0.39, 0.29) is 11.4 Å². The van der Waals surface area contributed by atoms with E-state index in [9.17, 15) is 24.6 Å². The summed E-state index contributed by atoms with van der Waals surface area (Å²) < 4.78 is 13.2. The highest BCUT2D eigenvalue weighted by Gasteiger charge is 2.28. The van der Waals surface area contributed by atoms with E-state index in [0.717, 1.165) is 17.8 Å². The Morgan fingerprint density at radius 3 is 2.48 bits per heavy atom. The number of benzene rings is 2. The minimum absolute atomic E-state index is 0.133. The Morgan fingerprint density at radius 1 is 1.05 bits per heavy atom. The van der Waals surface area contributed by atoms with Crippen molar-refractivity contribution in [3.05, 3.63) is 56.4 Å². The highest BCUT2D eigenvalue weighted by atomic mass is 32.2. The van der Waals surface area contributed by atoms with Crippen LogP contribution in [-0.4, -0.2) is 9.85 Å². The van der Waals surface area contributed by atoms with E-state index in [2.05, 4.69) is 5.32 Å². The van der Waals surface area contributed by atoms with Crippen LogP contribution in [0.2, 0.25) is 0 Å². The smallest absolute Gasteiger partial charge is 0.300 e. The van der Waals surface area contributed by atoms with Crippen LogP contribution in [0.1, 0.15) is 0 Å². The summed E-state index contributed by atoms with van der Waals surface area (Å²) in [5, 5.41) is 24.7. The first-order chi connectivity index (χ1) is 9.95. The van der Waals surface area contributed by atoms with Crippen LogP contribution in [0.15, 0.2) is 40.1 Å². The van der Waals surface area contributed by atoms with Gasteiger partial charge in [0.25, 0.3) is 5.69 Å². The van der Waals surface area contributed by atoms with Crippen LogP contribution >= 0.6 is 11.8 Å². The summed E-state index contributed by atoms with van der Waals surface area (Å²) in [5.41, 5.74) is -0.250. The molecule has 7 nitrogen and oxygen atoms in total. The Bertz CT molecular complexity index is 796. The van der Waals surface area contributed by atoms with Crippen LogP contribution < -0.4 is 5.32 Å². The Morgan fingerprint density at radius 2 is 1.81 bits per heavy atom. The molecule has 106 valence electrons. The van der Waals surface area contributed by atoms with Gasteiger partial charge >= 0.3 is 5.69 Å². The molecule has 0 saturated carbocycles. The van der Waals surface area contributed by atoms with Gasteiger partial charge in [0.05, 0.1) is 21.6 Å². The first kappa shape index (κ1) is 13.3. The van der Waals surface area contributed by atoms with Gasteiger partial charge in [0.2, 0.25) is 0 Å². The summed E-state index contributed by atoms with van der Waals surface area (Å²) in [5.74, 6) is -0.477. The monoisotopic (exact) mass is 307 g/mol. The fourth-order valence-corrected chi connectivity index (χ4v) is 3.01. The van der Waals surface area contributed by atoms with Crippen LogP contribution in [-0.2, 0) is 0 Å². The van der Waals surface area contributed by atoms with E-state index in [1.54, 1.807) is 0 Å². The van der Waals surface area contributed by atoms with Gasteiger partial charge < -0.3 is 5.32 Å². The standard InChI is InChI=1S/C12H6FN3O4S/c13-6-1-2-10-8(3-6)14-12-9(16(19)20)4-7(15(17)18)5-11(12)21-10/h1-5,14H. The SMILES string of the molecule is O=[N+]([O-])c1cc2c(c([N+](=O)[O-])c1)Nc1cc(F)ccc1S2. The molecule has 1 aliphatic rings. The molecule has 0 spiro atoms. The molecule has 0 radical (unpaired) electrons. The zero-order chi connectivity index (χ0) is 15.1. The molecule has 1 N–H and O–H groups in total. The second-order valence-electron chi connectivity index (χ2n) is 4.22. The predicted octanol–water partition coefficient (Wildman–Crippen LogP) is 3.85. The number of rotatable bonds is 2. The van der Waals surface area contributed by atoms with Crippen molar-refractivity contribution in [2.75, 3.05) is 5.32 Å². The molecule has 0 atom stereocenters. The number of fused-ring (bicyclic) bond motifs is 2. The van der Waals surface area contributed by atoms with Gasteiger partial charge in [-0.25, -0.2) is 4.39 Å². The van der Waals surface area contributed by atoms with E-state index in [4.69, 9.17) is 0 Å². The molecule has 0 aliphatic carbocycles. The Labute approximate surface area is 121 Å². The lowest BCUT2D eigenvalue weighted by Crippen LogP contribution is -2.05. The summed E-state index contributed by atoms with van der Waals surface area (Å²) in [4.78, 5) is 21.5. The lowest BCUT2D eigenvalue weighted by Gasteiger charge is -2.20. The number of nitrogens with zero attached hydrogens (tertiary/aromatic N) is 2. The molecule has 0 amide bonds. The molecule has 2 aromatic rings. The molecule has 9 heteroatoms. The zero-order valence-corrected chi connectivity index (χ0v) is 11.0. The number of nitro benzene ring substituents is 2. The third-order valence-electron chi connectivity index (χ3n) is 2.89. The van der Waals surface area contributed by atoms with Gasteiger partial charge in [-0.1, -0.05) is 11.8 Å². The van der Waals surface area contributed by atoms with E-state index >= 15 is 0 Å². The average molecular weight is 307 g/mol. The van der Waals surface area contributed by atoms with Gasteiger partial charge in [-0.2, -0.15) is 0 Å².